The Kier molecular flexibility index (Phi) is 2.21. The van der Waals surface area contributed by atoms with Crippen LogP contribution in [0.2, 0.25) is 0 Å². The fourth-order valence-corrected chi connectivity index (χ4v) is 7.72. The maximum Gasteiger partial charge on any atom is -0.0194 e. The van der Waals surface area contributed by atoms with Gasteiger partial charge in [-0.05, 0) is 72.5 Å². The highest BCUT2D eigenvalue weighted by Gasteiger charge is 2.67. The van der Waals surface area contributed by atoms with Gasteiger partial charge < -0.3 is 0 Å². The average molecular weight is 256 g/mol. The molecule has 0 spiro atoms. The first-order valence-corrected chi connectivity index (χ1v) is 8.97. The van der Waals surface area contributed by atoms with Crippen molar-refractivity contribution in [2.75, 3.05) is 0 Å². The molecule has 5 aliphatic rings. The summed E-state index contributed by atoms with van der Waals surface area (Å²) >= 11 is 0. The van der Waals surface area contributed by atoms with E-state index in [0.717, 1.165) is 46.8 Å². The van der Waals surface area contributed by atoms with E-state index in [2.05, 4.69) is 19.1 Å². The molecule has 0 aromatic heterocycles. The van der Waals surface area contributed by atoms with Gasteiger partial charge in [-0.1, -0.05) is 44.8 Å². The second kappa shape index (κ2) is 3.68. The van der Waals surface area contributed by atoms with Crippen LogP contribution in [-0.4, -0.2) is 0 Å². The molecule has 0 nitrogen and oxygen atoms in total. The monoisotopic (exact) mass is 256 g/mol. The zero-order chi connectivity index (χ0) is 12.6. The predicted molar refractivity (Wildman–Crippen MR) is 78.6 cm³/mol. The Labute approximate surface area is 118 Å². The minimum absolute atomic E-state index is 0.741. The quantitative estimate of drug-likeness (QED) is 0.420. The largest absolute Gasteiger partial charge is 0.0848 e. The Bertz CT molecular complexity index is 422. The number of hydrogen-bond acceptors (Lipinski definition) is 0. The van der Waals surface area contributed by atoms with Crippen molar-refractivity contribution in [1.82, 2.24) is 0 Å². The van der Waals surface area contributed by atoms with Crippen molar-refractivity contribution in [3.63, 3.8) is 0 Å². The van der Waals surface area contributed by atoms with E-state index in [1.807, 2.05) is 0 Å². The lowest BCUT2D eigenvalue weighted by atomic mass is 9.55. The first kappa shape index (κ1) is 11.4. The molecule has 0 amide bonds. The molecule has 19 heavy (non-hydrogen) atoms. The Morgan fingerprint density at radius 1 is 0.842 bits per heavy atom. The highest BCUT2D eigenvalue weighted by atomic mass is 14.7. The molecule has 0 radical (unpaired) electrons. The Balaban J connectivity index is 1.54. The van der Waals surface area contributed by atoms with Crippen LogP contribution >= 0.6 is 0 Å². The van der Waals surface area contributed by atoms with E-state index >= 15 is 0 Å². The molecule has 8 atom stereocenters. The van der Waals surface area contributed by atoms with Crippen LogP contribution in [-0.2, 0) is 0 Å². The molecule has 0 heterocycles. The summed E-state index contributed by atoms with van der Waals surface area (Å²) in [6, 6.07) is 0. The summed E-state index contributed by atoms with van der Waals surface area (Å²) in [7, 11) is 0. The van der Waals surface area contributed by atoms with Crippen LogP contribution in [0.1, 0.15) is 58.3 Å². The van der Waals surface area contributed by atoms with Gasteiger partial charge in [0.2, 0.25) is 0 Å². The highest BCUT2D eigenvalue weighted by molar-refractivity contribution is 5.23. The van der Waals surface area contributed by atoms with E-state index < -0.39 is 0 Å². The van der Waals surface area contributed by atoms with Crippen LogP contribution in [0.5, 0.6) is 0 Å². The van der Waals surface area contributed by atoms with E-state index in [0.29, 0.717) is 0 Å². The molecule has 0 heteroatoms. The van der Waals surface area contributed by atoms with Crippen LogP contribution < -0.4 is 0 Å². The predicted octanol–water partition coefficient (Wildman–Crippen LogP) is 5.05. The van der Waals surface area contributed by atoms with Gasteiger partial charge in [-0.2, -0.15) is 0 Å². The molecule has 0 aliphatic heterocycles. The lowest BCUT2D eigenvalue weighted by Gasteiger charge is -2.50. The molecular formula is C19H28. The zero-order valence-electron chi connectivity index (χ0n) is 12.4. The van der Waals surface area contributed by atoms with E-state index in [-0.39, 0.29) is 0 Å². The summed E-state index contributed by atoms with van der Waals surface area (Å²) in [6.45, 7) is 2.71. The van der Waals surface area contributed by atoms with Crippen LogP contribution in [0.25, 0.3) is 0 Å². The van der Waals surface area contributed by atoms with E-state index in [9.17, 15) is 0 Å². The van der Waals surface area contributed by atoms with Crippen molar-refractivity contribution in [2.45, 2.75) is 58.3 Å². The zero-order valence-corrected chi connectivity index (χ0v) is 12.4. The molecule has 104 valence electrons. The van der Waals surface area contributed by atoms with Gasteiger partial charge in [-0.15, -0.1) is 0 Å². The molecule has 4 fully saturated rings. The topological polar surface area (TPSA) is 0 Å². The summed E-state index contributed by atoms with van der Waals surface area (Å²) in [6.07, 6.45) is 17.6. The Morgan fingerprint density at radius 2 is 1.63 bits per heavy atom. The molecule has 0 aromatic rings. The molecule has 4 saturated carbocycles. The normalized spacial score (nSPS) is 61.8. The minimum atomic E-state index is 0.741. The SMILES string of the molecule is CC12CCCCCCC1C1CC2C2C3C=CC(C3)C12. The van der Waals surface area contributed by atoms with Crippen LogP contribution in [0.3, 0.4) is 0 Å². The summed E-state index contributed by atoms with van der Waals surface area (Å²) in [5.74, 6) is 7.56. The average Bonchev–Trinajstić information content (AvgIpc) is 3.08. The van der Waals surface area contributed by atoms with Crippen LogP contribution in [0.4, 0.5) is 0 Å². The molecule has 5 aliphatic carbocycles. The minimum Gasteiger partial charge on any atom is -0.0848 e. The molecule has 0 aromatic carbocycles. The van der Waals surface area contributed by atoms with Crippen molar-refractivity contribution in [3.8, 4) is 0 Å². The number of hydrogen-bond donors (Lipinski definition) is 0. The van der Waals surface area contributed by atoms with Crippen molar-refractivity contribution in [2.24, 2.45) is 46.8 Å². The van der Waals surface area contributed by atoms with E-state index in [1.54, 1.807) is 19.3 Å². The van der Waals surface area contributed by atoms with Crippen LogP contribution in [0.15, 0.2) is 12.2 Å². The maximum atomic E-state index is 2.71. The fourth-order valence-electron chi connectivity index (χ4n) is 7.72. The third-order valence-corrected chi connectivity index (χ3v) is 8.26. The second-order valence-corrected chi connectivity index (χ2v) is 8.67. The number of rotatable bonds is 0. The Hall–Kier alpha value is -0.260. The van der Waals surface area contributed by atoms with E-state index in [4.69, 9.17) is 0 Å². The summed E-state index contributed by atoms with van der Waals surface area (Å²) in [5.41, 5.74) is 0.741. The van der Waals surface area contributed by atoms with Crippen LogP contribution in [0, 0.1) is 46.8 Å². The van der Waals surface area contributed by atoms with Gasteiger partial charge in [0.15, 0.2) is 0 Å². The molecule has 4 bridgehead atoms. The van der Waals surface area contributed by atoms with Gasteiger partial charge in [0, 0.05) is 0 Å². The molecular weight excluding hydrogens is 228 g/mol. The summed E-state index contributed by atoms with van der Waals surface area (Å²) in [4.78, 5) is 0. The second-order valence-electron chi connectivity index (χ2n) is 8.67. The van der Waals surface area contributed by atoms with Crippen molar-refractivity contribution in [3.05, 3.63) is 12.2 Å². The van der Waals surface area contributed by atoms with Gasteiger partial charge in [0.1, 0.15) is 0 Å². The third kappa shape index (κ3) is 1.27. The summed E-state index contributed by atoms with van der Waals surface area (Å²) in [5, 5.41) is 0. The smallest absolute Gasteiger partial charge is 0.0194 e. The number of fused-ring (bicyclic) bond motifs is 12. The van der Waals surface area contributed by atoms with Gasteiger partial charge in [-0.25, -0.2) is 0 Å². The molecule has 8 unspecified atom stereocenters. The maximum absolute atomic E-state index is 2.71. The van der Waals surface area contributed by atoms with Gasteiger partial charge in [-0.3, -0.25) is 0 Å². The van der Waals surface area contributed by atoms with Gasteiger partial charge in [0.25, 0.3) is 0 Å². The first-order chi connectivity index (χ1) is 9.29. The lowest BCUT2D eigenvalue weighted by molar-refractivity contribution is -0.00635. The van der Waals surface area contributed by atoms with Gasteiger partial charge in [0.05, 0.1) is 0 Å². The van der Waals surface area contributed by atoms with Gasteiger partial charge >= 0.3 is 0 Å². The highest BCUT2D eigenvalue weighted by Crippen LogP contribution is 2.74. The standard InChI is InChI=1S/C19H28/c1-19-9-5-3-2-4-6-15(19)14-11-16(19)18-13-8-7-12(10-13)17(14)18/h7-8,12-18H,2-6,9-11H2,1H3. The lowest BCUT2D eigenvalue weighted by Crippen LogP contribution is -2.44. The fraction of sp³-hybridized carbons (Fsp3) is 0.895. The molecule has 5 rings (SSSR count). The summed E-state index contributed by atoms with van der Waals surface area (Å²) < 4.78 is 0. The molecule has 0 saturated heterocycles. The van der Waals surface area contributed by atoms with Crippen molar-refractivity contribution >= 4 is 0 Å². The van der Waals surface area contributed by atoms with Crippen molar-refractivity contribution < 1.29 is 0 Å². The first-order valence-electron chi connectivity index (χ1n) is 8.97. The van der Waals surface area contributed by atoms with E-state index in [1.165, 1.54) is 32.1 Å². The molecule has 0 N–H and O–H groups in total. The van der Waals surface area contributed by atoms with Crippen molar-refractivity contribution in [1.29, 1.82) is 0 Å². The third-order valence-electron chi connectivity index (χ3n) is 8.26. The number of allylic oxidation sites excluding steroid dienone is 2. The Morgan fingerprint density at radius 3 is 2.53 bits per heavy atom.